The number of rotatable bonds is 8. The molecule has 2 aromatic rings. The maximum atomic E-state index is 13.2. The molecule has 3 rings (SSSR count). The lowest BCUT2D eigenvalue weighted by atomic mass is 9.73. The molecule has 266 valence electrons. The van der Waals surface area contributed by atoms with Crippen molar-refractivity contribution in [1.82, 2.24) is 0 Å². The van der Waals surface area contributed by atoms with Gasteiger partial charge >= 0.3 is 18.1 Å². The lowest BCUT2D eigenvalue weighted by Crippen LogP contribution is -2.45. The predicted molar refractivity (Wildman–Crippen MR) is 188 cm³/mol. The number of hydrogen-bond acceptors (Lipinski definition) is 6. The minimum absolute atomic E-state index is 0.214. The van der Waals surface area contributed by atoms with Crippen LogP contribution in [-0.2, 0) is 46.5 Å². The number of benzene rings is 2. The molecular weight excluding hydrogens is 792 g/mol. The van der Waals surface area contributed by atoms with Crippen molar-refractivity contribution < 1.29 is 41.7 Å². The average Bonchev–Trinajstić information content (AvgIpc) is 2.94. The quantitative estimate of drug-likeness (QED) is 0.150. The van der Waals surface area contributed by atoms with Crippen molar-refractivity contribution in [2.45, 2.75) is 90.5 Å². The highest BCUT2D eigenvalue weighted by Gasteiger charge is 2.46. The molecule has 6 nitrogen and oxygen atoms in total. The highest BCUT2D eigenvalue weighted by Crippen LogP contribution is 2.42. The largest absolute Gasteiger partial charge is 0.460 e. The van der Waals surface area contributed by atoms with Crippen LogP contribution in [0.25, 0.3) is 0 Å². The van der Waals surface area contributed by atoms with Crippen LogP contribution in [0.15, 0.2) is 36.4 Å². The van der Waals surface area contributed by atoms with Crippen LogP contribution in [0.5, 0.6) is 0 Å². The summed E-state index contributed by atoms with van der Waals surface area (Å²) in [4.78, 5) is 24.4. The summed E-state index contributed by atoms with van der Waals surface area (Å²) >= 11 is 18.1. The van der Waals surface area contributed by atoms with Gasteiger partial charge < -0.3 is 18.9 Å². The molecule has 0 bridgehead atoms. The molecular formula is C34H45Br2Cl2F3O6. The SMILES string of the molecule is BrCCOCCBr.CC(C)(C)OC(=O)C1(c2ccc(Cl)c(C(F)(F)F)c2)CCOCC1.Cc1cc(CC(=O)OC(C)(C)C)ccc1Cl. The first kappa shape index (κ1) is 43.7. The zero-order valence-electron chi connectivity index (χ0n) is 27.9. The molecule has 0 N–H and O–H groups in total. The van der Waals surface area contributed by atoms with Gasteiger partial charge in [-0.1, -0.05) is 73.3 Å². The fourth-order valence-corrected chi connectivity index (χ4v) is 5.12. The standard InChI is InChI=1S/C17H20ClF3O3.C13H17ClO2.C4H8Br2O/c1-15(2,3)24-14(22)16(6-8-23-9-7-16)11-4-5-13(18)12(10-11)17(19,20)21;1-9-7-10(5-6-11(9)14)8-12(15)16-13(2,3)4;5-1-3-7-4-2-6/h4-5,10H,6-9H2,1-3H3;5-7H,8H2,1-4H3;1-4H2. The summed E-state index contributed by atoms with van der Waals surface area (Å²) in [7, 11) is 0. The molecule has 0 aromatic heterocycles. The van der Waals surface area contributed by atoms with E-state index in [0.717, 1.165) is 41.1 Å². The van der Waals surface area contributed by atoms with Gasteiger partial charge in [0, 0.05) is 28.9 Å². The molecule has 0 amide bonds. The minimum Gasteiger partial charge on any atom is -0.460 e. The number of esters is 2. The second-order valence-electron chi connectivity index (χ2n) is 12.7. The van der Waals surface area contributed by atoms with Gasteiger partial charge in [0.15, 0.2) is 0 Å². The predicted octanol–water partition coefficient (Wildman–Crippen LogP) is 10.1. The Bertz CT molecular complexity index is 1280. The van der Waals surface area contributed by atoms with Gasteiger partial charge in [-0.15, -0.1) is 0 Å². The number of carbonyl (C=O) groups excluding carboxylic acids is 2. The molecule has 0 saturated carbocycles. The fraction of sp³-hybridized carbons (Fsp3) is 0.588. The normalized spacial score (nSPS) is 14.6. The molecule has 2 aromatic carbocycles. The van der Waals surface area contributed by atoms with Crippen molar-refractivity contribution in [2.75, 3.05) is 37.1 Å². The van der Waals surface area contributed by atoms with Crippen molar-refractivity contribution in [3.8, 4) is 0 Å². The Morgan fingerprint density at radius 2 is 1.38 bits per heavy atom. The number of halogens is 7. The number of hydrogen-bond donors (Lipinski definition) is 0. The smallest absolute Gasteiger partial charge is 0.417 e. The van der Waals surface area contributed by atoms with E-state index in [1.54, 1.807) is 26.8 Å². The van der Waals surface area contributed by atoms with E-state index in [-0.39, 0.29) is 44.0 Å². The van der Waals surface area contributed by atoms with Gasteiger partial charge in [0.2, 0.25) is 0 Å². The fourth-order valence-electron chi connectivity index (χ4n) is 4.32. The second-order valence-corrected chi connectivity index (χ2v) is 15.1. The Morgan fingerprint density at radius 1 is 0.851 bits per heavy atom. The zero-order chi connectivity index (χ0) is 36.1. The minimum atomic E-state index is -4.59. The van der Waals surface area contributed by atoms with Gasteiger partial charge in [0.05, 0.1) is 35.6 Å². The summed E-state index contributed by atoms with van der Waals surface area (Å²) in [6.07, 6.45) is -3.77. The van der Waals surface area contributed by atoms with E-state index in [9.17, 15) is 22.8 Å². The molecule has 1 aliphatic rings. The van der Waals surface area contributed by atoms with Gasteiger partial charge in [-0.3, -0.25) is 9.59 Å². The van der Waals surface area contributed by atoms with E-state index in [4.69, 9.17) is 42.1 Å². The summed E-state index contributed by atoms with van der Waals surface area (Å²) in [5.41, 5.74) is -1.11. The van der Waals surface area contributed by atoms with Crippen LogP contribution in [0.4, 0.5) is 13.2 Å². The van der Waals surface area contributed by atoms with E-state index in [2.05, 4.69) is 31.9 Å². The van der Waals surface area contributed by atoms with Crippen LogP contribution < -0.4 is 0 Å². The average molecular weight is 837 g/mol. The van der Waals surface area contributed by atoms with Gasteiger partial charge in [-0.05, 0) is 96.2 Å². The summed E-state index contributed by atoms with van der Waals surface area (Å²) in [6.45, 7) is 14.8. The molecule has 13 heteroatoms. The number of aryl methyl sites for hydroxylation is 1. The number of alkyl halides is 5. The summed E-state index contributed by atoms with van der Waals surface area (Å²) in [6, 6.07) is 9.16. The molecule has 1 saturated heterocycles. The van der Waals surface area contributed by atoms with Crippen molar-refractivity contribution in [1.29, 1.82) is 0 Å². The molecule has 1 heterocycles. The molecule has 0 spiro atoms. The van der Waals surface area contributed by atoms with Gasteiger partial charge in [-0.25, -0.2) is 0 Å². The second kappa shape index (κ2) is 19.7. The van der Waals surface area contributed by atoms with E-state index in [0.29, 0.717) is 5.02 Å². The maximum Gasteiger partial charge on any atom is 0.417 e. The third-order valence-electron chi connectivity index (χ3n) is 6.39. The maximum absolute atomic E-state index is 13.2. The molecule has 0 atom stereocenters. The summed E-state index contributed by atoms with van der Waals surface area (Å²) in [5, 5.41) is 2.19. The van der Waals surface area contributed by atoms with E-state index >= 15 is 0 Å². The third kappa shape index (κ3) is 16.3. The lowest BCUT2D eigenvalue weighted by Gasteiger charge is -2.37. The molecule has 0 aliphatic carbocycles. The first-order chi connectivity index (χ1) is 21.6. The summed E-state index contributed by atoms with van der Waals surface area (Å²) < 4.78 is 60.6. The summed E-state index contributed by atoms with van der Waals surface area (Å²) in [5.74, 6) is -0.747. The van der Waals surface area contributed by atoms with Crippen LogP contribution in [0.3, 0.4) is 0 Å². The van der Waals surface area contributed by atoms with E-state index in [1.807, 2.05) is 39.8 Å². The highest BCUT2D eigenvalue weighted by molar-refractivity contribution is 9.09. The van der Waals surface area contributed by atoms with E-state index in [1.165, 1.54) is 12.1 Å². The first-order valence-corrected chi connectivity index (χ1v) is 18.0. The van der Waals surface area contributed by atoms with Gasteiger partial charge in [0.25, 0.3) is 0 Å². The van der Waals surface area contributed by atoms with Gasteiger partial charge in [-0.2, -0.15) is 13.2 Å². The molecule has 0 radical (unpaired) electrons. The van der Waals surface area contributed by atoms with Crippen LogP contribution in [0.2, 0.25) is 10.0 Å². The Kier molecular flexibility index (Phi) is 18.3. The topological polar surface area (TPSA) is 71.1 Å². The highest BCUT2D eigenvalue weighted by atomic mass is 79.9. The van der Waals surface area contributed by atoms with Crippen LogP contribution >= 0.6 is 55.1 Å². The lowest BCUT2D eigenvalue weighted by molar-refractivity contribution is -0.166. The van der Waals surface area contributed by atoms with Crippen LogP contribution in [0.1, 0.15) is 76.6 Å². The zero-order valence-corrected chi connectivity index (χ0v) is 32.6. The molecule has 1 fully saturated rings. The van der Waals surface area contributed by atoms with Crippen molar-refractivity contribution in [2.24, 2.45) is 0 Å². The van der Waals surface area contributed by atoms with E-state index < -0.39 is 39.3 Å². The first-order valence-electron chi connectivity index (χ1n) is 15.0. The molecule has 1 aliphatic heterocycles. The van der Waals surface area contributed by atoms with Crippen molar-refractivity contribution in [3.63, 3.8) is 0 Å². The number of carbonyl (C=O) groups is 2. The van der Waals surface area contributed by atoms with Crippen LogP contribution in [-0.4, -0.2) is 60.2 Å². The third-order valence-corrected chi connectivity index (χ3v) is 7.80. The van der Waals surface area contributed by atoms with Crippen LogP contribution in [0, 0.1) is 6.92 Å². The van der Waals surface area contributed by atoms with Crippen molar-refractivity contribution >= 4 is 67.0 Å². The molecule has 0 unspecified atom stereocenters. The monoisotopic (exact) mass is 834 g/mol. The Morgan fingerprint density at radius 3 is 1.85 bits per heavy atom. The van der Waals surface area contributed by atoms with Crippen molar-refractivity contribution in [3.05, 3.63) is 68.7 Å². The van der Waals surface area contributed by atoms with Gasteiger partial charge in [0.1, 0.15) is 11.2 Å². The number of ether oxygens (including phenoxy) is 4. The Balaban J connectivity index is 0.000000412. The Hall–Kier alpha value is -1.37. The molecule has 47 heavy (non-hydrogen) atoms. The Labute approximate surface area is 303 Å².